The van der Waals surface area contributed by atoms with Gasteiger partial charge in [-0.05, 0) is 47.2 Å². The number of halogens is 1. The topological polar surface area (TPSA) is 40.5 Å². The van der Waals surface area contributed by atoms with Gasteiger partial charge in [0.2, 0.25) is 0 Å². The quantitative estimate of drug-likeness (QED) is 0.569. The summed E-state index contributed by atoms with van der Waals surface area (Å²) in [5.41, 5.74) is 0.579. The van der Waals surface area contributed by atoms with Crippen molar-refractivity contribution in [3.05, 3.63) is 78.1 Å². The highest BCUT2D eigenvalue weighted by Gasteiger charge is 2.15. The van der Waals surface area contributed by atoms with E-state index in [0.717, 1.165) is 10.8 Å². The Bertz CT molecular complexity index is 799. The molecule has 0 unspecified atom stereocenters. The van der Waals surface area contributed by atoms with Crippen molar-refractivity contribution in [3.8, 4) is 0 Å². The highest BCUT2D eigenvalue weighted by Crippen LogP contribution is 2.22. The van der Waals surface area contributed by atoms with Gasteiger partial charge in [0.15, 0.2) is 0 Å². The number of anilines is 1. The van der Waals surface area contributed by atoms with Crippen LogP contribution in [-0.4, -0.2) is 11.1 Å². The Morgan fingerprint density at radius 2 is 1.57 bits per heavy atom. The first-order valence-electron chi connectivity index (χ1n) is 6.43. The number of carbonyl (C=O) groups is 1. The standard InChI is InChI=1S/C17H12FNO2/c18-15-8-5-13(6-9-15)17(20)19(21)16-10-7-12-3-1-2-4-14(12)11-16/h1-11,21H. The molecule has 104 valence electrons. The molecule has 0 aliphatic heterocycles. The van der Waals surface area contributed by atoms with Gasteiger partial charge in [0.1, 0.15) is 5.82 Å². The van der Waals surface area contributed by atoms with Crippen LogP contribution in [0.15, 0.2) is 66.7 Å². The van der Waals surface area contributed by atoms with Crippen LogP contribution < -0.4 is 5.06 Å². The SMILES string of the molecule is O=C(c1ccc(F)cc1)N(O)c1ccc2ccccc2c1. The Labute approximate surface area is 120 Å². The summed E-state index contributed by atoms with van der Waals surface area (Å²) in [5.74, 6) is -1.04. The molecule has 21 heavy (non-hydrogen) atoms. The van der Waals surface area contributed by atoms with Gasteiger partial charge in [-0.2, -0.15) is 5.06 Å². The number of rotatable bonds is 2. The Morgan fingerprint density at radius 3 is 2.29 bits per heavy atom. The van der Waals surface area contributed by atoms with Gasteiger partial charge >= 0.3 is 0 Å². The van der Waals surface area contributed by atoms with E-state index in [1.165, 1.54) is 24.3 Å². The van der Waals surface area contributed by atoms with E-state index in [0.29, 0.717) is 10.8 Å². The molecule has 4 heteroatoms. The third-order valence-electron chi connectivity index (χ3n) is 3.26. The van der Waals surface area contributed by atoms with Gasteiger partial charge in [-0.3, -0.25) is 10.0 Å². The normalized spacial score (nSPS) is 10.6. The minimum atomic E-state index is -0.606. The molecule has 3 aromatic carbocycles. The average molecular weight is 281 g/mol. The fraction of sp³-hybridized carbons (Fsp3) is 0. The molecule has 0 fully saturated rings. The van der Waals surface area contributed by atoms with E-state index in [-0.39, 0.29) is 5.56 Å². The average Bonchev–Trinajstić information content (AvgIpc) is 2.54. The second-order valence-electron chi connectivity index (χ2n) is 4.66. The Balaban J connectivity index is 1.93. The summed E-state index contributed by atoms with van der Waals surface area (Å²) in [5, 5.41) is 12.6. The molecule has 0 aliphatic carbocycles. The maximum atomic E-state index is 12.9. The summed E-state index contributed by atoms with van der Waals surface area (Å²) in [7, 11) is 0. The fourth-order valence-corrected chi connectivity index (χ4v) is 2.14. The predicted molar refractivity (Wildman–Crippen MR) is 78.9 cm³/mol. The number of benzene rings is 3. The molecular formula is C17H12FNO2. The molecular weight excluding hydrogens is 269 g/mol. The molecule has 3 aromatic rings. The first-order chi connectivity index (χ1) is 10.1. The van der Waals surface area contributed by atoms with Gasteiger partial charge in [-0.1, -0.05) is 30.3 Å². The van der Waals surface area contributed by atoms with Crippen LogP contribution in [0.2, 0.25) is 0 Å². The summed E-state index contributed by atoms with van der Waals surface area (Å²) < 4.78 is 12.9. The number of hydrogen-bond donors (Lipinski definition) is 1. The van der Waals surface area contributed by atoms with Gasteiger partial charge in [-0.25, -0.2) is 4.39 Å². The Kier molecular flexibility index (Phi) is 3.38. The zero-order valence-electron chi connectivity index (χ0n) is 11.0. The molecule has 0 saturated carbocycles. The zero-order valence-corrected chi connectivity index (χ0v) is 11.0. The fourth-order valence-electron chi connectivity index (χ4n) is 2.14. The van der Waals surface area contributed by atoms with Crippen molar-refractivity contribution < 1.29 is 14.4 Å². The third-order valence-corrected chi connectivity index (χ3v) is 3.26. The van der Waals surface area contributed by atoms with Crippen molar-refractivity contribution >= 4 is 22.4 Å². The van der Waals surface area contributed by atoms with E-state index in [4.69, 9.17) is 0 Å². The van der Waals surface area contributed by atoms with Gasteiger partial charge in [0, 0.05) is 5.56 Å². The van der Waals surface area contributed by atoms with Crippen molar-refractivity contribution in [2.75, 3.05) is 5.06 Å². The number of fused-ring (bicyclic) bond motifs is 1. The molecule has 0 saturated heterocycles. The first kappa shape index (κ1) is 13.3. The van der Waals surface area contributed by atoms with E-state index < -0.39 is 11.7 Å². The van der Waals surface area contributed by atoms with Crippen molar-refractivity contribution in [3.63, 3.8) is 0 Å². The minimum absolute atomic E-state index is 0.215. The largest absolute Gasteiger partial charge is 0.281 e. The molecule has 1 amide bonds. The summed E-state index contributed by atoms with van der Waals surface area (Å²) in [4.78, 5) is 12.1. The summed E-state index contributed by atoms with van der Waals surface area (Å²) >= 11 is 0. The van der Waals surface area contributed by atoms with Gasteiger partial charge in [0.25, 0.3) is 5.91 Å². The maximum absolute atomic E-state index is 12.9. The smallest absolute Gasteiger partial charge is 0.281 e. The summed E-state index contributed by atoms with van der Waals surface area (Å²) in [6, 6.07) is 17.9. The highest BCUT2D eigenvalue weighted by molar-refractivity contribution is 6.05. The van der Waals surface area contributed by atoms with Crippen LogP contribution in [0.1, 0.15) is 10.4 Å². The molecule has 0 bridgehead atoms. The van der Waals surface area contributed by atoms with E-state index in [9.17, 15) is 14.4 Å². The van der Waals surface area contributed by atoms with Crippen LogP contribution in [0.5, 0.6) is 0 Å². The third kappa shape index (κ3) is 2.61. The van der Waals surface area contributed by atoms with Crippen LogP contribution in [0.4, 0.5) is 10.1 Å². The van der Waals surface area contributed by atoms with Crippen LogP contribution in [0.3, 0.4) is 0 Å². The van der Waals surface area contributed by atoms with Gasteiger partial charge in [-0.15, -0.1) is 0 Å². The molecule has 0 radical (unpaired) electrons. The molecule has 1 N–H and O–H groups in total. The molecule has 0 heterocycles. The summed E-state index contributed by atoms with van der Waals surface area (Å²) in [6.07, 6.45) is 0. The molecule has 0 spiro atoms. The maximum Gasteiger partial charge on any atom is 0.281 e. The van der Waals surface area contributed by atoms with Crippen molar-refractivity contribution in [2.24, 2.45) is 0 Å². The predicted octanol–water partition coefficient (Wildman–Crippen LogP) is 4.01. The Morgan fingerprint density at radius 1 is 0.905 bits per heavy atom. The lowest BCUT2D eigenvalue weighted by Gasteiger charge is -2.15. The molecule has 0 atom stereocenters. The number of hydrogen-bond acceptors (Lipinski definition) is 2. The molecule has 3 nitrogen and oxygen atoms in total. The highest BCUT2D eigenvalue weighted by atomic mass is 19.1. The molecule has 0 aliphatic rings. The lowest BCUT2D eigenvalue weighted by Crippen LogP contribution is -2.26. The van der Waals surface area contributed by atoms with Crippen molar-refractivity contribution in [1.82, 2.24) is 0 Å². The monoisotopic (exact) mass is 281 g/mol. The van der Waals surface area contributed by atoms with Crippen LogP contribution >= 0.6 is 0 Å². The zero-order chi connectivity index (χ0) is 14.8. The Hall–Kier alpha value is -2.72. The van der Waals surface area contributed by atoms with E-state index in [2.05, 4.69) is 0 Å². The van der Waals surface area contributed by atoms with E-state index >= 15 is 0 Å². The number of carbonyl (C=O) groups excluding carboxylic acids is 1. The van der Waals surface area contributed by atoms with Crippen molar-refractivity contribution in [1.29, 1.82) is 0 Å². The van der Waals surface area contributed by atoms with Gasteiger partial charge < -0.3 is 0 Å². The number of nitrogens with zero attached hydrogens (tertiary/aromatic N) is 1. The van der Waals surface area contributed by atoms with Crippen LogP contribution in [-0.2, 0) is 0 Å². The lowest BCUT2D eigenvalue weighted by molar-refractivity contribution is 0.0855. The van der Waals surface area contributed by atoms with E-state index in [1.807, 2.05) is 30.3 Å². The number of hydroxylamine groups is 1. The second-order valence-corrected chi connectivity index (χ2v) is 4.66. The lowest BCUT2D eigenvalue weighted by atomic mass is 10.1. The minimum Gasteiger partial charge on any atom is -0.281 e. The van der Waals surface area contributed by atoms with Crippen LogP contribution in [0.25, 0.3) is 10.8 Å². The van der Waals surface area contributed by atoms with Crippen molar-refractivity contribution in [2.45, 2.75) is 0 Å². The second kappa shape index (κ2) is 5.34. The first-order valence-corrected chi connectivity index (χ1v) is 6.43. The number of amides is 1. The van der Waals surface area contributed by atoms with E-state index in [1.54, 1.807) is 12.1 Å². The summed E-state index contributed by atoms with van der Waals surface area (Å²) in [6.45, 7) is 0. The van der Waals surface area contributed by atoms with Gasteiger partial charge in [0.05, 0.1) is 5.69 Å². The van der Waals surface area contributed by atoms with Crippen LogP contribution in [0, 0.1) is 5.82 Å². The molecule has 0 aromatic heterocycles. The molecule has 3 rings (SSSR count).